The summed E-state index contributed by atoms with van der Waals surface area (Å²) in [4.78, 5) is 15.8. The molecule has 0 amide bonds. The van der Waals surface area contributed by atoms with Crippen LogP contribution in [0.25, 0.3) is 11.0 Å². The number of benzene rings is 1. The van der Waals surface area contributed by atoms with Gasteiger partial charge in [0, 0.05) is 19.1 Å². The number of carbonyl (C=O) groups is 1. The first-order valence-corrected chi connectivity index (χ1v) is 6.39. The van der Waals surface area contributed by atoms with Gasteiger partial charge in [0.2, 0.25) is 0 Å². The summed E-state index contributed by atoms with van der Waals surface area (Å²) in [5.41, 5.74) is 2.39. The average Bonchev–Trinajstić information content (AvgIpc) is 3.08. The summed E-state index contributed by atoms with van der Waals surface area (Å²) in [6.07, 6.45) is 2.92. The van der Waals surface area contributed by atoms with E-state index in [-0.39, 0.29) is 5.97 Å². The highest BCUT2D eigenvalue weighted by Crippen LogP contribution is 2.20. The van der Waals surface area contributed by atoms with Crippen molar-refractivity contribution in [2.75, 3.05) is 20.3 Å². The molecule has 5 heteroatoms. The summed E-state index contributed by atoms with van der Waals surface area (Å²) in [5.74, 6) is 0.221. The molecule has 1 fully saturated rings. The van der Waals surface area contributed by atoms with Gasteiger partial charge in [0.25, 0.3) is 0 Å². The second-order valence-electron chi connectivity index (χ2n) is 4.82. The quantitative estimate of drug-likeness (QED) is 0.790. The van der Waals surface area contributed by atoms with Crippen LogP contribution in [0.2, 0.25) is 0 Å². The molecule has 1 aliphatic rings. The molecular formula is C14H16N2O3. The second-order valence-corrected chi connectivity index (χ2v) is 4.82. The van der Waals surface area contributed by atoms with E-state index in [2.05, 4.69) is 9.55 Å². The number of ether oxygens (including phenoxy) is 2. The van der Waals surface area contributed by atoms with Crippen molar-refractivity contribution in [2.45, 2.75) is 13.0 Å². The lowest BCUT2D eigenvalue weighted by atomic mass is 10.1. The topological polar surface area (TPSA) is 53.3 Å². The largest absolute Gasteiger partial charge is 0.465 e. The summed E-state index contributed by atoms with van der Waals surface area (Å²) in [7, 11) is 1.38. The molecule has 2 heterocycles. The maximum atomic E-state index is 11.5. The highest BCUT2D eigenvalue weighted by atomic mass is 16.5. The number of methoxy groups -OCH3 is 1. The first-order chi connectivity index (χ1) is 9.28. The number of rotatable bonds is 3. The first kappa shape index (κ1) is 12.2. The molecule has 1 saturated heterocycles. The van der Waals surface area contributed by atoms with Crippen molar-refractivity contribution in [3.8, 4) is 0 Å². The Kier molecular flexibility index (Phi) is 3.21. The molecule has 100 valence electrons. The number of nitrogens with zero attached hydrogens (tertiary/aromatic N) is 2. The van der Waals surface area contributed by atoms with Crippen LogP contribution in [0.15, 0.2) is 24.5 Å². The summed E-state index contributed by atoms with van der Waals surface area (Å²) < 4.78 is 12.2. The Morgan fingerprint density at radius 3 is 3.21 bits per heavy atom. The normalized spacial score (nSPS) is 18.9. The van der Waals surface area contributed by atoms with Crippen LogP contribution in [0.1, 0.15) is 16.8 Å². The van der Waals surface area contributed by atoms with Crippen LogP contribution in [0, 0.1) is 5.92 Å². The molecule has 5 nitrogen and oxygen atoms in total. The molecular weight excluding hydrogens is 244 g/mol. The van der Waals surface area contributed by atoms with Gasteiger partial charge in [-0.05, 0) is 24.6 Å². The zero-order valence-corrected chi connectivity index (χ0v) is 10.8. The minimum atomic E-state index is -0.333. The molecule has 0 N–H and O–H groups in total. The molecule has 0 radical (unpaired) electrons. The van der Waals surface area contributed by atoms with Crippen molar-refractivity contribution >= 4 is 17.0 Å². The van der Waals surface area contributed by atoms with Crippen molar-refractivity contribution in [1.82, 2.24) is 9.55 Å². The lowest BCUT2D eigenvalue weighted by Crippen LogP contribution is -2.09. The molecule has 1 aromatic heterocycles. The Labute approximate surface area is 111 Å². The molecule has 1 atom stereocenters. The fourth-order valence-electron chi connectivity index (χ4n) is 2.46. The van der Waals surface area contributed by atoms with E-state index in [0.717, 1.165) is 37.2 Å². The molecule has 0 aliphatic carbocycles. The number of carbonyl (C=O) groups excluding carboxylic acids is 1. The molecule has 1 aliphatic heterocycles. The minimum absolute atomic E-state index is 0.333. The molecule has 0 spiro atoms. The monoisotopic (exact) mass is 260 g/mol. The van der Waals surface area contributed by atoms with Crippen LogP contribution in [-0.4, -0.2) is 35.8 Å². The number of fused-ring (bicyclic) bond motifs is 1. The highest BCUT2D eigenvalue weighted by molar-refractivity contribution is 5.93. The second kappa shape index (κ2) is 5.01. The van der Waals surface area contributed by atoms with Gasteiger partial charge in [0.05, 0.1) is 36.6 Å². The van der Waals surface area contributed by atoms with E-state index in [0.29, 0.717) is 11.5 Å². The Morgan fingerprint density at radius 1 is 1.58 bits per heavy atom. The molecule has 19 heavy (non-hydrogen) atoms. The minimum Gasteiger partial charge on any atom is -0.465 e. The Morgan fingerprint density at radius 2 is 2.47 bits per heavy atom. The van der Waals surface area contributed by atoms with Crippen LogP contribution in [0.3, 0.4) is 0 Å². The number of esters is 1. The average molecular weight is 260 g/mol. The van der Waals surface area contributed by atoms with Crippen molar-refractivity contribution in [2.24, 2.45) is 5.92 Å². The zero-order valence-electron chi connectivity index (χ0n) is 10.8. The maximum Gasteiger partial charge on any atom is 0.337 e. The number of imidazole rings is 1. The van der Waals surface area contributed by atoms with E-state index in [1.807, 2.05) is 12.4 Å². The van der Waals surface area contributed by atoms with E-state index < -0.39 is 0 Å². The third-order valence-electron chi connectivity index (χ3n) is 3.52. The van der Waals surface area contributed by atoms with Gasteiger partial charge in [-0.25, -0.2) is 9.78 Å². The van der Waals surface area contributed by atoms with E-state index in [4.69, 9.17) is 9.47 Å². The van der Waals surface area contributed by atoms with Crippen molar-refractivity contribution in [1.29, 1.82) is 0 Å². The van der Waals surface area contributed by atoms with Crippen LogP contribution < -0.4 is 0 Å². The molecule has 1 unspecified atom stereocenters. The molecule has 1 aromatic carbocycles. The van der Waals surface area contributed by atoms with Gasteiger partial charge < -0.3 is 14.0 Å². The van der Waals surface area contributed by atoms with Gasteiger partial charge in [-0.1, -0.05) is 0 Å². The lowest BCUT2D eigenvalue weighted by Gasteiger charge is -2.09. The number of hydrogen-bond donors (Lipinski definition) is 0. The number of hydrogen-bond acceptors (Lipinski definition) is 4. The molecule has 0 saturated carbocycles. The Balaban J connectivity index is 1.88. The predicted octanol–water partition coefficient (Wildman–Crippen LogP) is 1.86. The fourth-order valence-corrected chi connectivity index (χ4v) is 2.46. The molecule has 2 aromatic rings. The van der Waals surface area contributed by atoms with E-state index in [1.165, 1.54) is 7.11 Å². The van der Waals surface area contributed by atoms with Crippen molar-refractivity contribution in [3.63, 3.8) is 0 Å². The van der Waals surface area contributed by atoms with Crippen LogP contribution >= 0.6 is 0 Å². The standard InChI is InChI=1S/C14H16N2O3/c1-18-14(17)11-2-3-13-12(6-11)15-9-16(13)7-10-4-5-19-8-10/h2-3,6,9-10H,4-5,7-8H2,1H3. The molecule has 3 rings (SSSR count). The van der Waals surface area contributed by atoms with Crippen molar-refractivity contribution < 1.29 is 14.3 Å². The highest BCUT2D eigenvalue weighted by Gasteiger charge is 2.17. The van der Waals surface area contributed by atoms with Gasteiger partial charge in [-0.15, -0.1) is 0 Å². The summed E-state index contributed by atoms with van der Waals surface area (Å²) in [6.45, 7) is 2.58. The van der Waals surface area contributed by atoms with Crippen LogP contribution in [-0.2, 0) is 16.0 Å². The van der Waals surface area contributed by atoms with Gasteiger partial charge in [0.15, 0.2) is 0 Å². The first-order valence-electron chi connectivity index (χ1n) is 6.39. The predicted molar refractivity (Wildman–Crippen MR) is 70.0 cm³/mol. The van der Waals surface area contributed by atoms with Crippen LogP contribution in [0.4, 0.5) is 0 Å². The van der Waals surface area contributed by atoms with E-state index in [9.17, 15) is 4.79 Å². The van der Waals surface area contributed by atoms with Gasteiger partial charge in [-0.3, -0.25) is 0 Å². The SMILES string of the molecule is COC(=O)c1ccc2c(c1)ncn2CC1CCOC1. The van der Waals surface area contributed by atoms with Gasteiger partial charge in [-0.2, -0.15) is 0 Å². The van der Waals surface area contributed by atoms with E-state index in [1.54, 1.807) is 12.1 Å². The third kappa shape index (κ3) is 2.33. The fraction of sp³-hybridized carbons (Fsp3) is 0.429. The van der Waals surface area contributed by atoms with Crippen molar-refractivity contribution in [3.05, 3.63) is 30.1 Å². The zero-order chi connectivity index (χ0) is 13.2. The maximum absolute atomic E-state index is 11.5. The summed E-state index contributed by atoms with van der Waals surface area (Å²) in [6, 6.07) is 5.46. The summed E-state index contributed by atoms with van der Waals surface area (Å²) >= 11 is 0. The Bertz CT molecular complexity index is 600. The number of aromatic nitrogens is 2. The van der Waals surface area contributed by atoms with E-state index >= 15 is 0 Å². The third-order valence-corrected chi connectivity index (χ3v) is 3.52. The Hall–Kier alpha value is -1.88. The summed E-state index contributed by atoms with van der Waals surface area (Å²) in [5, 5.41) is 0. The van der Waals surface area contributed by atoms with Crippen LogP contribution in [0.5, 0.6) is 0 Å². The van der Waals surface area contributed by atoms with Gasteiger partial charge in [0.1, 0.15) is 0 Å². The smallest absolute Gasteiger partial charge is 0.337 e. The van der Waals surface area contributed by atoms with Gasteiger partial charge >= 0.3 is 5.97 Å². The lowest BCUT2D eigenvalue weighted by molar-refractivity contribution is 0.0601. The molecule has 0 bridgehead atoms.